The first-order valence-corrected chi connectivity index (χ1v) is 10.6. The molecule has 0 saturated heterocycles. The molecule has 2 aromatic carbocycles. The summed E-state index contributed by atoms with van der Waals surface area (Å²) in [5.41, 5.74) is 4.39. The van der Waals surface area contributed by atoms with Gasteiger partial charge in [0.1, 0.15) is 17.1 Å². The van der Waals surface area contributed by atoms with E-state index in [0.717, 1.165) is 11.1 Å². The lowest BCUT2D eigenvalue weighted by atomic mass is 9.85. The quantitative estimate of drug-likeness (QED) is 0.591. The minimum Gasteiger partial charge on any atom is -0.507 e. The average molecular weight is 440 g/mol. The van der Waals surface area contributed by atoms with Crippen molar-refractivity contribution in [2.75, 3.05) is 20.3 Å². The van der Waals surface area contributed by atoms with Crippen molar-refractivity contribution < 1.29 is 14.6 Å². The van der Waals surface area contributed by atoms with E-state index in [1.54, 1.807) is 24.1 Å². The van der Waals surface area contributed by atoms with E-state index < -0.39 is 0 Å². The maximum Gasteiger partial charge on any atom is 0.273 e. The van der Waals surface area contributed by atoms with Crippen LogP contribution < -0.4 is 0 Å². The van der Waals surface area contributed by atoms with Gasteiger partial charge in [-0.2, -0.15) is 5.10 Å². The van der Waals surface area contributed by atoms with Gasteiger partial charge >= 0.3 is 0 Å². The van der Waals surface area contributed by atoms with Crippen molar-refractivity contribution in [3.8, 4) is 17.0 Å². The van der Waals surface area contributed by atoms with Crippen molar-refractivity contribution in [2.24, 2.45) is 0 Å². The van der Waals surface area contributed by atoms with Crippen LogP contribution in [0.25, 0.3) is 11.3 Å². The molecule has 2 N–H and O–H groups in total. The minimum absolute atomic E-state index is 0.0261. The number of methoxy groups -OCH3 is 1. The smallest absolute Gasteiger partial charge is 0.273 e. The summed E-state index contributed by atoms with van der Waals surface area (Å²) in [6, 6.07) is 12.8. The number of amides is 1. The molecular weight excluding hydrogens is 414 g/mol. The predicted octanol–water partition coefficient (Wildman–Crippen LogP) is 4.92. The van der Waals surface area contributed by atoms with Crippen LogP contribution in [-0.2, 0) is 10.2 Å². The molecule has 1 aliphatic rings. The Morgan fingerprint density at radius 3 is 2.55 bits per heavy atom. The summed E-state index contributed by atoms with van der Waals surface area (Å²) in [5.74, 6) is -0.0828. The fourth-order valence-electron chi connectivity index (χ4n) is 4.03. The Morgan fingerprint density at radius 1 is 1.19 bits per heavy atom. The number of halogens is 1. The normalized spacial score (nSPS) is 16.1. The van der Waals surface area contributed by atoms with Crippen LogP contribution in [0.5, 0.6) is 5.75 Å². The lowest BCUT2D eigenvalue weighted by molar-refractivity contribution is 0.0677. The summed E-state index contributed by atoms with van der Waals surface area (Å²) in [5, 5.41) is 18.2. The number of ether oxygens (including phenoxy) is 1. The second-order valence-electron chi connectivity index (χ2n) is 8.79. The summed E-state index contributed by atoms with van der Waals surface area (Å²) in [6.07, 6.45) is 0. The lowest BCUT2D eigenvalue weighted by Gasteiger charge is -2.27. The monoisotopic (exact) mass is 439 g/mol. The number of aromatic nitrogens is 2. The molecule has 31 heavy (non-hydrogen) atoms. The van der Waals surface area contributed by atoms with Crippen molar-refractivity contribution in [1.82, 2.24) is 15.1 Å². The third kappa shape index (κ3) is 3.82. The Balaban J connectivity index is 1.86. The molecule has 3 aromatic rings. The number of rotatable bonds is 5. The van der Waals surface area contributed by atoms with E-state index in [4.69, 9.17) is 16.3 Å². The molecule has 0 aliphatic carbocycles. The van der Waals surface area contributed by atoms with Gasteiger partial charge in [-0.15, -0.1) is 0 Å². The molecule has 2 heterocycles. The highest BCUT2D eigenvalue weighted by atomic mass is 35.5. The third-order valence-corrected chi connectivity index (χ3v) is 5.94. The van der Waals surface area contributed by atoms with E-state index in [2.05, 4.69) is 55.2 Å². The third-order valence-electron chi connectivity index (χ3n) is 5.71. The van der Waals surface area contributed by atoms with Gasteiger partial charge in [-0.3, -0.25) is 9.89 Å². The van der Waals surface area contributed by atoms with Gasteiger partial charge in [-0.25, -0.2) is 0 Å². The molecule has 0 radical (unpaired) electrons. The maximum absolute atomic E-state index is 13.2. The molecule has 1 amide bonds. The van der Waals surface area contributed by atoms with Gasteiger partial charge in [-0.05, 0) is 34.7 Å². The Hall–Kier alpha value is -2.83. The van der Waals surface area contributed by atoms with Gasteiger partial charge < -0.3 is 14.7 Å². The van der Waals surface area contributed by atoms with Gasteiger partial charge in [0.25, 0.3) is 5.91 Å². The number of carbonyl (C=O) groups is 1. The molecular formula is C24H26ClN3O3. The van der Waals surface area contributed by atoms with Gasteiger partial charge in [0, 0.05) is 29.8 Å². The van der Waals surface area contributed by atoms with Crippen molar-refractivity contribution in [3.63, 3.8) is 0 Å². The molecule has 1 aliphatic heterocycles. The number of phenolic OH excluding ortho intramolecular Hbond substituents is 1. The Labute approximate surface area is 186 Å². The average Bonchev–Trinajstić information content (AvgIpc) is 3.27. The summed E-state index contributed by atoms with van der Waals surface area (Å²) < 4.78 is 5.25. The molecule has 0 fully saturated rings. The molecule has 162 valence electrons. The number of aromatic hydroxyl groups is 1. The van der Waals surface area contributed by atoms with Crippen LogP contribution in [0.2, 0.25) is 5.02 Å². The number of fused-ring (bicyclic) bond motifs is 1. The standard InChI is InChI=1S/C24H26ClN3O3/c1-24(2,3)15-7-5-14(6-8-15)22-19-20(17-13-16(25)9-10-18(17)29)26-27-21(19)23(30)28(22)11-12-31-4/h5-10,13,22,29H,11-12H2,1-4H3,(H,26,27). The van der Waals surface area contributed by atoms with Crippen molar-refractivity contribution in [2.45, 2.75) is 32.2 Å². The highest BCUT2D eigenvalue weighted by Crippen LogP contribution is 2.45. The van der Waals surface area contributed by atoms with Gasteiger partial charge in [0.15, 0.2) is 0 Å². The van der Waals surface area contributed by atoms with E-state index in [0.29, 0.717) is 35.1 Å². The fraction of sp³-hybridized carbons (Fsp3) is 0.333. The number of aromatic amines is 1. The topological polar surface area (TPSA) is 78.5 Å². The second kappa shape index (κ2) is 8.02. The number of nitrogens with zero attached hydrogens (tertiary/aromatic N) is 2. The van der Waals surface area contributed by atoms with Crippen LogP contribution in [0.15, 0.2) is 42.5 Å². The highest BCUT2D eigenvalue weighted by Gasteiger charge is 2.42. The van der Waals surface area contributed by atoms with E-state index in [-0.39, 0.29) is 23.1 Å². The van der Waals surface area contributed by atoms with E-state index >= 15 is 0 Å². The minimum atomic E-state index is -0.348. The zero-order valence-electron chi connectivity index (χ0n) is 18.1. The van der Waals surface area contributed by atoms with Crippen LogP contribution >= 0.6 is 11.6 Å². The first-order chi connectivity index (χ1) is 14.7. The fourth-order valence-corrected chi connectivity index (χ4v) is 4.20. The first kappa shape index (κ1) is 21.4. The maximum atomic E-state index is 13.2. The van der Waals surface area contributed by atoms with Gasteiger partial charge in [-0.1, -0.05) is 56.6 Å². The van der Waals surface area contributed by atoms with Crippen LogP contribution in [0.3, 0.4) is 0 Å². The SMILES string of the molecule is COCCN1C(=O)c2[nH]nc(-c3cc(Cl)ccc3O)c2C1c1ccc(C(C)(C)C)cc1. The van der Waals surface area contributed by atoms with Crippen molar-refractivity contribution in [1.29, 1.82) is 0 Å². The van der Waals surface area contributed by atoms with E-state index in [1.165, 1.54) is 11.6 Å². The first-order valence-electron chi connectivity index (χ1n) is 10.2. The molecule has 1 atom stereocenters. The molecule has 0 bridgehead atoms. The largest absolute Gasteiger partial charge is 0.507 e. The summed E-state index contributed by atoms with van der Waals surface area (Å²) in [7, 11) is 1.62. The second-order valence-corrected chi connectivity index (χ2v) is 9.22. The molecule has 7 heteroatoms. The van der Waals surface area contributed by atoms with Crippen LogP contribution in [0.1, 0.15) is 54.0 Å². The summed E-state index contributed by atoms with van der Waals surface area (Å²) >= 11 is 6.18. The Bertz CT molecular complexity index is 1120. The number of H-pyrrole nitrogens is 1. The lowest BCUT2D eigenvalue weighted by Crippen LogP contribution is -2.32. The molecule has 4 rings (SSSR count). The molecule has 0 spiro atoms. The number of benzene rings is 2. The zero-order valence-corrected chi connectivity index (χ0v) is 18.8. The number of phenols is 1. The van der Waals surface area contributed by atoms with Crippen molar-refractivity contribution >= 4 is 17.5 Å². The predicted molar refractivity (Wildman–Crippen MR) is 121 cm³/mol. The molecule has 6 nitrogen and oxygen atoms in total. The molecule has 1 unspecified atom stereocenters. The van der Waals surface area contributed by atoms with E-state index in [1.807, 2.05) is 0 Å². The summed E-state index contributed by atoms with van der Waals surface area (Å²) in [6.45, 7) is 7.35. The van der Waals surface area contributed by atoms with E-state index in [9.17, 15) is 9.90 Å². The number of carbonyl (C=O) groups excluding carboxylic acids is 1. The Kier molecular flexibility index (Phi) is 5.54. The highest BCUT2D eigenvalue weighted by molar-refractivity contribution is 6.31. The number of nitrogens with one attached hydrogen (secondary N) is 1. The Morgan fingerprint density at radius 2 is 1.90 bits per heavy atom. The van der Waals surface area contributed by atoms with Gasteiger partial charge in [0.2, 0.25) is 0 Å². The van der Waals surface area contributed by atoms with Crippen LogP contribution in [0, 0.1) is 0 Å². The summed E-state index contributed by atoms with van der Waals surface area (Å²) in [4.78, 5) is 15.0. The number of hydrogen-bond donors (Lipinski definition) is 2. The van der Waals surface area contributed by atoms with Crippen molar-refractivity contribution in [3.05, 3.63) is 69.9 Å². The van der Waals surface area contributed by atoms with Crippen LogP contribution in [0.4, 0.5) is 0 Å². The van der Waals surface area contributed by atoms with Crippen LogP contribution in [-0.4, -0.2) is 46.4 Å². The van der Waals surface area contributed by atoms with Gasteiger partial charge in [0.05, 0.1) is 12.6 Å². The zero-order chi connectivity index (χ0) is 22.3. The number of hydrogen-bond acceptors (Lipinski definition) is 4. The molecule has 1 aromatic heterocycles. The molecule has 0 saturated carbocycles.